The molecule has 0 aliphatic carbocycles. The minimum absolute atomic E-state index is 0.0384. The Labute approximate surface area is 197 Å². The number of halogens is 3. The van der Waals surface area contributed by atoms with Gasteiger partial charge in [-0.2, -0.15) is 13.2 Å². The van der Waals surface area contributed by atoms with Gasteiger partial charge in [-0.15, -0.1) is 0 Å². The molecule has 178 valence electrons. The van der Waals surface area contributed by atoms with Crippen LogP contribution in [0.4, 0.5) is 13.2 Å². The number of amides is 2. The summed E-state index contributed by atoms with van der Waals surface area (Å²) in [6.45, 7) is 2.33. The van der Waals surface area contributed by atoms with Gasteiger partial charge in [0, 0.05) is 25.1 Å². The normalized spacial score (nSPS) is 12.1. The van der Waals surface area contributed by atoms with E-state index < -0.39 is 23.7 Å². The summed E-state index contributed by atoms with van der Waals surface area (Å²) in [7, 11) is 0. The van der Waals surface area contributed by atoms with Crippen LogP contribution in [0.3, 0.4) is 0 Å². The first-order valence-corrected chi connectivity index (χ1v) is 11.1. The highest BCUT2D eigenvalue weighted by Crippen LogP contribution is 2.30. The van der Waals surface area contributed by atoms with Crippen molar-refractivity contribution in [2.75, 3.05) is 13.1 Å². The Morgan fingerprint density at radius 3 is 2.21 bits per heavy atom. The van der Waals surface area contributed by atoms with Crippen LogP contribution in [0.1, 0.15) is 46.4 Å². The molecule has 0 saturated carbocycles. The number of carbonyl (C=O) groups is 2. The zero-order chi connectivity index (χ0) is 24.6. The summed E-state index contributed by atoms with van der Waals surface area (Å²) >= 11 is 0. The molecule has 0 aromatic heterocycles. The second kappa shape index (κ2) is 11.5. The van der Waals surface area contributed by atoms with Gasteiger partial charge in [-0.1, -0.05) is 66.7 Å². The Bertz CT molecular complexity index is 1090. The maximum Gasteiger partial charge on any atom is 0.416 e. The Kier molecular flexibility index (Phi) is 8.46. The van der Waals surface area contributed by atoms with E-state index in [0.717, 1.165) is 23.3 Å². The summed E-state index contributed by atoms with van der Waals surface area (Å²) in [5.74, 6) is -0.780. The van der Waals surface area contributed by atoms with E-state index in [9.17, 15) is 22.8 Å². The van der Waals surface area contributed by atoms with Crippen LogP contribution in [-0.4, -0.2) is 29.8 Å². The number of rotatable bonds is 9. The molecule has 2 amide bonds. The van der Waals surface area contributed by atoms with Crippen LogP contribution < -0.4 is 5.32 Å². The number of nitrogens with zero attached hydrogens (tertiary/aromatic N) is 1. The van der Waals surface area contributed by atoms with Crippen LogP contribution in [0.2, 0.25) is 0 Å². The van der Waals surface area contributed by atoms with E-state index in [2.05, 4.69) is 5.32 Å². The van der Waals surface area contributed by atoms with Crippen molar-refractivity contribution in [1.82, 2.24) is 10.2 Å². The van der Waals surface area contributed by atoms with Crippen molar-refractivity contribution in [2.24, 2.45) is 0 Å². The van der Waals surface area contributed by atoms with Crippen LogP contribution in [-0.2, 0) is 17.4 Å². The predicted molar refractivity (Wildman–Crippen MR) is 125 cm³/mol. The van der Waals surface area contributed by atoms with Crippen LogP contribution in [0, 0.1) is 0 Å². The monoisotopic (exact) mass is 468 g/mol. The van der Waals surface area contributed by atoms with Crippen LogP contribution >= 0.6 is 0 Å². The van der Waals surface area contributed by atoms with Crippen LogP contribution in [0.5, 0.6) is 0 Å². The van der Waals surface area contributed by atoms with E-state index in [0.29, 0.717) is 13.0 Å². The molecular weight excluding hydrogens is 441 g/mol. The van der Waals surface area contributed by atoms with Crippen molar-refractivity contribution >= 4 is 11.8 Å². The Hall–Kier alpha value is -3.61. The van der Waals surface area contributed by atoms with E-state index in [1.807, 2.05) is 60.7 Å². The van der Waals surface area contributed by atoms with Crippen LogP contribution in [0.25, 0.3) is 0 Å². The maximum atomic E-state index is 13.3. The summed E-state index contributed by atoms with van der Waals surface area (Å²) in [4.78, 5) is 27.2. The molecule has 0 saturated heterocycles. The number of alkyl halides is 3. The molecule has 1 unspecified atom stereocenters. The van der Waals surface area contributed by atoms with Crippen molar-refractivity contribution in [2.45, 2.75) is 32.0 Å². The third-order valence-electron chi connectivity index (χ3n) is 5.61. The summed E-state index contributed by atoms with van der Waals surface area (Å²) in [5, 5.41) is 2.85. The van der Waals surface area contributed by atoms with Crippen molar-refractivity contribution in [1.29, 1.82) is 0 Å². The van der Waals surface area contributed by atoms with E-state index in [-0.39, 0.29) is 24.4 Å². The van der Waals surface area contributed by atoms with Crippen molar-refractivity contribution < 1.29 is 22.8 Å². The average Bonchev–Trinajstić information content (AvgIpc) is 2.84. The standard InChI is InChI=1S/C27H27F3N2O2/c1-20(22-11-6-3-7-12-22)32(26(34)23-13-8-14-24(19-23)27(28,29)30)18-16-25(33)31-17-15-21-9-4-2-5-10-21/h2-14,19-20H,15-18H2,1H3,(H,31,33). The molecule has 0 radical (unpaired) electrons. The number of hydrogen-bond donors (Lipinski definition) is 1. The first-order chi connectivity index (χ1) is 16.3. The highest BCUT2D eigenvalue weighted by Gasteiger charge is 2.32. The molecule has 3 aromatic rings. The molecule has 0 heterocycles. The smallest absolute Gasteiger partial charge is 0.356 e. The predicted octanol–water partition coefficient (Wildman–Crippen LogP) is 5.66. The van der Waals surface area contributed by atoms with Gasteiger partial charge in [-0.3, -0.25) is 9.59 Å². The molecule has 1 N–H and O–H groups in total. The van der Waals surface area contributed by atoms with Gasteiger partial charge in [0.25, 0.3) is 5.91 Å². The minimum Gasteiger partial charge on any atom is -0.356 e. The second-order valence-electron chi connectivity index (χ2n) is 8.00. The zero-order valence-electron chi connectivity index (χ0n) is 18.9. The number of benzene rings is 3. The molecule has 3 rings (SSSR count). The lowest BCUT2D eigenvalue weighted by Crippen LogP contribution is -2.37. The first kappa shape index (κ1) is 25.0. The molecule has 0 spiro atoms. The molecular formula is C27H27F3N2O2. The van der Waals surface area contributed by atoms with Crippen molar-refractivity contribution in [3.05, 3.63) is 107 Å². The van der Waals surface area contributed by atoms with E-state index in [1.165, 1.54) is 17.0 Å². The number of nitrogens with one attached hydrogen (secondary N) is 1. The average molecular weight is 469 g/mol. The molecule has 0 aliphatic rings. The van der Waals surface area contributed by atoms with Gasteiger partial charge in [0.2, 0.25) is 5.91 Å². The van der Waals surface area contributed by atoms with Gasteiger partial charge in [0.05, 0.1) is 11.6 Å². The lowest BCUT2D eigenvalue weighted by Gasteiger charge is -2.30. The summed E-state index contributed by atoms with van der Waals surface area (Å²) in [6.07, 6.45) is -3.83. The lowest BCUT2D eigenvalue weighted by atomic mass is 10.0. The second-order valence-corrected chi connectivity index (χ2v) is 8.00. The summed E-state index contributed by atoms with van der Waals surface area (Å²) < 4.78 is 39.5. The fourth-order valence-electron chi connectivity index (χ4n) is 3.68. The number of carbonyl (C=O) groups excluding carboxylic acids is 2. The van der Waals surface area contributed by atoms with Gasteiger partial charge in [-0.05, 0) is 42.7 Å². The molecule has 0 fully saturated rings. The molecule has 3 aromatic carbocycles. The molecule has 7 heteroatoms. The topological polar surface area (TPSA) is 49.4 Å². The third-order valence-corrected chi connectivity index (χ3v) is 5.61. The van der Waals surface area contributed by atoms with Gasteiger partial charge in [0.1, 0.15) is 0 Å². The fourth-order valence-corrected chi connectivity index (χ4v) is 3.68. The molecule has 0 bridgehead atoms. The fraction of sp³-hybridized carbons (Fsp3) is 0.259. The molecule has 0 aliphatic heterocycles. The van der Waals surface area contributed by atoms with E-state index in [1.54, 1.807) is 6.92 Å². The van der Waals surface area contributed by atoms with Gasteiger partial charge >= 0.3 is 6.18 Å². The summed E-state index contributed by atoms with van der Waals surface area (Å²) in [5.41, 5.74) is 0.973. The SMILES string of the molecule is CC(c1ccccc1)N(CCC(=O)NCCc1ccccc1)C(=O)c1cccc(C(F)(F)F)c1. The van der Waals surface area contributed by atoms with Gasteiger partial charge in [-0.25, -0.2) is 0 Å². The maximum absolute atomic E-state index is 13.3. The Balaban J connectivity index is 1.71. The van der Waals surface area contributed by atoms with E-state index in [4.69, 9.17) is 0 Å². The number of hydrogen-bond acceptors (Lipinski definition) is 2. The minimum atomic E-state index is -4.55. The van der Waals surface area contributed by atoms with Crippen molar-refractivity contribution in [3.63, 3.8) is 0 Å². The highest BCUT2D eigenvalue weighted by molar-refractivity contribution is 5.95. The Morgan fingerprint density at radius 2 is 1.56 bits per heavy atom. The Morgan fingerprint density at radius 1 is 0.912 bits per heavy atom. The first-order valence-electron chi connectivity index (χ1n) is 11.1. The van der Waals surface area contributed by atoms with Gasteiger partial charge in [0.15, 0.2) is 0 Å². The largest absolute Gasteiger partial charge is 0.416 e. The van der Waals surface area contributed by atoms with Gasteiger partial charge < -0.3 is 10.2 Å². The summed E-state index contributed by atoms with van der Waals surface area (Å²) in [6, 6.07) is 22.9. The zero-order valence-corrected chi connectivity index (χ0v) is 18.9. The lowest BCUT2D eigenvalue weighted by molar-refractivity contribution is -0.137. The highest BCUT2D eigenvalue weighted by atomic mass is 19.4. The quantitative estimate of drug-likeness (QED) is 0.441. The molecule has 1 atom stereocenters. The molecule has 34 heavy (non-hydrogen) atoms. The van der Waals surface area contributed by atoms with Crippen LogP contribution in [0.15, 0.2) is 84.9 Å². The van der Waals surface area contributed by atoms with Crippen molar-refractivity contribution in [3.8, 4) is 0 Å². The molecule has 4 nitrogen and oxygen atoms in total. The third kappa shape index (κ3) is 6.94. The van der Waals surface area contributed by atoms with E-state index >= 15 is 0 Å².